The van der Waals surface area contributed by atoms with E-state index in [1.807, 2.05) is 0 Å². The minimum atomic E-state index is 0.178. The molecule has 1 aliphatic rings. The zero-order chi connectivity index (χ0) is 12.3. The first kappa shape index (κ1) is 14.4. The van der Waals surface area contributed by atoms with Crippen LogP contribution in [0.3, 0.4) is 0 Å². The number of nitrogens with one attached hydrogen (secondary N) is 2. The van der Waals surface area contributed by atoms with Crippen LogP contribution in [0, 0.1) is 18.3 Å². The second-order valence-corrected chi connectivity index (χ2v) is 5.46. The van der Waals surface area contributed by atoms with Gasteiger partial charge in [0.05, 0.1) is 5.75 Å². The summed E-state index contributed by atoms with van der Waals surface area (Å²) in [6.45, 7) is 2.94. The second kappa shape index (κ2) is 9.38. The Hall–Kier alpha value is -0.660. The molecule has 0 radical (unpaired) electrons. The zero-order valence-corrected chi connectivity index (χ0v) is 11.2. The molecule has 17 heavy (non-hydrogen) atoms. The van der Waals surface area contributed by atoms with Gasteiger partial charge < -0.3 is 10.6 Å². The minimum absolute atomic E-state index is 0.178. The van der Waals surface area contributed by atoms with Crippen molar-refractivity contribution in [1.29, 1.82) is 0 Å². The van der Waals surface area contributed by atoms with Gasteiger partial charge in [-0.3, -0.25) is 4.79 Å². The van der Waals surface area contributed by atoms with Gasteiger partial charge in [-0.15, -0.1) is 18.2 Å². The zero-order valence-electron chi connectivity index (χ0n) is 10.3. The Balaban J connectivity index is 1.95. The van der Waals surface area contributed by atoms with E-state index >= 15 is 0 Å². The smallest absolute Gasteiger partial charge is 0.220 e. The molecule has 0 saturated carbocycles. The molecular formula is C13H22N2OS. The number of terminal acetylenes is 1. The van der Waals surface area contributed by atoms with Crippen molar-refractivity contribution in [2.45, 2.75) is 25.7 Å². The lowest BCUT2D eigenvalue weighted by molar-refractivity contribution is -0.121. The normalized spacial score (nSPS) is 19.6. The summed E-state index contributed by atoms with van der Waals surface area (Å²) < 4.78 is 0. The third-order valence-corrected chi connectivity index (χ3v) is 3.80. The predicted octanol–water partition coefficient (Wildman–Crippen LogP) is 1.25. The Morgan fingerprint density at radius 2 is 2.47 bits per heavy atom. The highest BCUT2D eigenvalue weighted by Crippen LogP contribution is 2.15. The summed E-state index contributed by atoms with van der Waals surface area (Å²) in [6.07, 6.45) is 9.31. The first-order chi connectivity index (χ1) is 8.33. The summed E-state index contributed by atoms with van der Waals surface area (Å²) in [7, 11) is 0. The van der Waals surface area contributed by atoms with E-state index in [2.05, 4.69) is 16.6 Å². The van der Waals surface area contributed by atoms with E-state index in [1.165, 1.54) is 12.8 Å². The van der Waals surface area contributed by atoms with Crippen molar-refractivity contribution in [3.8, 4) is 12.3 Å². The molecule has 1 fully saturated rings. The summed E-state index contributed by atoms with van der Waals surface area (Å²) in [5.74, 6) is 5.06. The summed E-state index contributed by atoms with van der Waals surface area (Å²) in [4.78, 5) is 11.5. The van der Waals surface area contributed by atoms with Crippen LogP contribution >= 0.6 is 11.8 Å². The topological polar surface area (TPSA) is 41.1 Å². The number of carbonyl (C=O) groups is 1. The molecule has 4 heteroatoms. The molecule has 0 aliphatic carbocycles. The van der Waals surface area contributed by atoms with Crippen LogP contribution in [0.4, 0.5) is 0 Å². The molecule has 0 aromatic carbocycles. The second-order valence-electron chi connectivity index (χ2n) is 4.36. The Morgan fingerprint density at radius 3 is 3.18 bits per heavy atom. The third-order valence-electron chi connectivity index (χ3n) is 2.93. The molecule has 1 heterocycles. The standard InChI is InChI=1S/C13H22N2OS/c1-2-9-17-10-8-15-13(16)6-5-12-4-3-7-14-11-12/h1,12,14H,3-11H2,(H,15,16). The molecule has 1 unspecified atom stereocenters. The third kappa shape index (κ3) is 7.30. The van der Waals surface area contributed by atoms with Crippen molar-refractivity contribution in [2.75, 3.05) is 31.1 Å². The number of carbonyl (C=O) groups excluding carboxylic acids is 1. The number of hydrogen-bond donors (Lipinski definition) is 2. The van der Waals surface area contributed by atoms with Crippen molar-refractivity contribution < 1.29 is 4.79 Å². The fourth-order valence-electron chi connectivity index (χ4n) is 1.99. The van der Waals surface area contributed by atoms with Crippen molar-refractivity contribution in [3.05, 3.63) is 0 Å². The highest BCUT2D eigenvalue weighted by molar-refractivity contribution is 7.99. The van der Waals surface area contributed by atoms with Gasteiger partial charge in [-0.2, -0.15) is 0 Å². The first-order valence-corrected chi connectivity index (χ1v) is 7.47. The first-order valence-electron chi connectivity index (χ1n) is 6.31. The van der Waals surface area contributed by atoms with Gasteiger partial charge in [0.25, 0.3) is 0 Å². The largest absolute Gasteiger partial charge is 0.355 e. The van der Waals surface area contributed by atoms with Gasteiger partial charge in [-0.05, 0) is 38.3 Å². The average Bonchev–Trinajstić information content (AvgIpc) is 2.37. The molecule has 2 N–H and O–H groups in total. The quantitative estimate of drug-likeness (QED) is 0.531. The van der Waals surface area contributed by atoms with Gasteiger partial charge in [0, 0.05) is 18.7 Å². The van der Waals surface area contributed by atoms with Crippen molar-refractivity contribution in [2.24, 2.45) is 5.92 Å². The molecule has 1 saturated heterocycles. The van der Waals surface area contributed by atoms with Gasteiger partial charge in [0.1, 0.15) is 0 Å². The number of amides is 1. The van der Waals surface area contributed by atoms with Crippen molar-refractivity contribution >= 4 is 17.7 Å². The Labute approximate surface area is 108 Å². The van der Waals surface area contributed by atoms with Crippen molar-refractivity contribution in [3.63, 3.8) is 0 Å². The number of rotatable bonds is 7. The van der Waals surface area contributed by atoms with Crippen LogP contribution < -0.4 is 10.6 Å². The Kier molecular flexibility index (Phi) is 7.94. The van der Waals surface area contributed by atoms with Crippen LogP contribution in [0.25, 0.3) is 0 Å². The van der Waals surface area contributed by atoms with Crippen LogP contribution in [0.1, 0.15) is 25.7 Å². The molecule has 1 rings (SSSR count). The summed E-state index contributed by atoms with van der Waals surface area (Å²) in [5, 5.41) is 6.30. The monoisotopic (exact) mass is 254 g/mol. The molecule has 1 atom stereocenters. The van der Waals surface area contributed by atoms with E-state index in [4.69, 9.17) is 6.42 Å². The highest BCUT2D eigenvalue weighted by atomic mass is 32.2. The lowest BCUT2D eigenvalue weighted by atomic mass is 9.94. The van der Waals surface area contributed by atoms with Gasteiger partial charge in [0.2, 0.25) is 5.91 Å². The molecule has 1 aliphatic heterocycles. The summed E-state index contributed by atoms with van der Waals surface area (Å²) in [5.41, 5.74) is 0. The SMILES string of the molecule is C#CCSCCNC(=O)CCC1CCCNC1. The molecule has 0 bridgehead atoms. The van der Waals surface area contributed by atoms with E-state index in [-0.39, 0.29) is 5.91 Å². The Morgan fingerprint density at radius 1 is 1.59 bits per heavy atom. The predicted molar refractivity (Wildman–Crippen MR) is 74.0 cm³/mol. The van der Waals surface area contributed by atoms with Crippen LogP contribution in [0.2, 0.25) is 0 Å². The van der Waals surface area contributed by atoms with Crippen LogP contribution in [0.15, 0.2) is 0 Å². The number of piperidine rings is 1. The van der Waals surface area contributed by atoms with Gasteiger partial charge >= 0.3 is 0 Å². The number of hydrogen-bond acceptors (Lipinski definition) is 3. The molecule has 0 aromatic heterocycles. The molecule has 0 aromatic rings. The molecule has 96 valence electrons. The molecular weight excluding hydrogens is 232 g/mol. The van der Waals surface area contributed by atoms with E-state index in [1.54, 1.807) is 11.8 Å². The lowest BCUT2D eigenvalue weighted by Gasteiger charge is -2.22. The van der Waals surface area contributed by atoms with E-state index in [0.717, 1.165) is 37.6 Å². The fourth-order valence-corrected chi connectivity index (χ4v) is 2.50. The molecule has 0 spiro atoms. The van der Waals surface area contributed by atoms with Crippen LogP contribution in [-0.2, 0) is 4.79 Å². The average molecular weight is 254 g/mol. The van der Waals surface area contributed by atoms with E-state index in [0.29, 0.717) is 12.3 Å². The summed E-state index contributed by atoms with van der Waals surface area (Å²) in [6, 6.07) is 0. The maximum absolute atomic E-state index is 11.5. The Bertz CT molecular complexity index is 257. The van der Waals surface area contributed by atoms with Gasteiger partial charge in [-0.1, -0.05) is 5.92 Å². The fraction of sp³-hybridized carbons (Fsp3) is 0.769. The molecule has 3 nitrogen and oxygen atoms in total. The number of thioether (sulfide) groups is 1. The lowest BCUT2D eigenvalue weighted by Crippen LogP contribution is -2.31. The maximum atomic E-state index is 11.5. The summed E-state index contributed by atoms with van der Waals surface area (Å²) >= 11 is 1.68. The highest BCUT2D eigenvalue weighted by Gasteiger charge is 2.13. The van der Waals surface area contributed by atoms with Crippen LogP contribution in [0.5, 0.6) is 0 Å². The van der Waals surface area contributed by atoms with Crippen LogP contribution in [-0.4, -0.2) is 37.0 Å². The van der Waals surface area contributed by atoms with Crippen molar-refractivity contribution in [1.82, 2.24) is 10.6 Å². The van der Waals surface area contributed by atoms with Gasteiger partial charge in [0.15, 0.2) is 0 Å². The van der Waals surface area contributed by atoms with Gasteiger partial charge in [-0.25, -0.2) is 0 Å². The minimum Gasteiger partial charge on any atom is -0.355 e. The van der Waals surface area contributed by atoms with E-state index < -0.39 is 0 Å². The van der Waals surface area contributed by atoms with E-state index in [9.17, 15) is 4.79 Å². The molecule has 1 amide bonds. The maximum Gasteiger partial charge on any atom is 0.220 e.